The Balaban J connectivity index is 0.00000400. The van der Waals surface area contributed by atoms with Crippen LogP contribution in [0.1, 0.15) is 15.9 Å². The van der Waals surface area contributed by atoms with Gasteiger partial charge in [-0.2, -0.15) is 13.5 Å². The average Bonchev–Trinajstić information content (AvgIpc) is 2.86. The van der Waals surface area contributed by atoms with Gasteiger partial charge >= 0.3 is 29.6 Å². The van der Waals surface area contributed by atoms with Crippen LogP contribution in [0.3, 0.4) is 0 Å². The fourth-order valence-electron chi connectivity index (χ4n) is 3.62. The van der Waals surface area contributed by atoms with Gasteiger partial charge in [0.05, 0.1) is 18.5 Å². The summed E-state index contributed by atoms with van der Waals surface area (Å²) in [7, 11) is -3.24. The minimum absolute atomic E-state index is 0. The minimum atomic E-state index is -4.67. The van der Waals surface area contributed by atoms with Crippen LogP contribution in [0, 0.1) is 6.92 Å². The molecule has 0 atom stereocenters. The SMILES string of the molecule is COc1cccc(NC(=O)c2cc3ccccc3c(N=Nc3c(S(=O)(=O)O)ccc(Cl)c3C)c2[O-])c1Cl.[Na+]. The maximum Gasteiger partial charge on any atom is 1.00 e. The molecule has 0 aliphatic heterocycles. The van der Waals surface area contributed by atoms with Crippen molar-refractivity contribution in [3.8, 4) is 11.5 Å². The molecule has 0 aromatic heterocycles. The number of methoxy groups -OCH3 is 1. The molecule has 0 saturated heterocycles. The fraction of sp³-hybridized carbons (Fsp3) is 0.0800. The molecular formula is C25H18Cl2N3NaO6S. The van der Waals surface area contributed by atoms with E-state index in [1.807, 2.05) is 0 Å². The van der Waals surface area contributed by atoms with E-state index >= 15 is 0 Å². The Kier molecular flexibility index (Phi) is 9.43. The van der Waals surface area contributed by atoms with Crippen molar-refractivity contribution in [1.82, 2.24) is 0 Å². The minimum Gasteiger partial charge on any atom is -0.870 e. The van der Waals surface area contributed by atoms with Crippen LogP contribution >= 0.6 is 23.2 Å². The number of carbonyl (C=O) groups is 1. The van der Waals surface area contributed by atoms with Crippen LogP contribution < -0.4 is 44.7 Å². The Hall–Kier alpha value is -2.70. The van der Waals surface area contributed by atoms with Crippen molar-refractivity contribution >= 4 is 67.1 Å². The number of hydrogen-bond acceptors (Lipinski definition) is 7. The smallest absolute Gasteiger partial charge is 0.870 e. The predicted molar refractivity (Wildman–Crippen MR) is 140 cm³/mol. The number of azo groups is 1. The molecule has 0 spiro atoms. The first-order chi connectivity index (χ1) is 17.5. The zero-order valence-corrected chi connectivity index (χ0v) is 24.6. The third-order valence-corrected chi connectivity index (χ3v) is 7.19. The van der Waals surface area contributed by atoms with E-state index in [0.717, 1.165) is 6.07 Å². The number of rotatable bonds is 6. The third kappa shape index (κ3) is 5.97. The maximum absolute atomic E-state index is 13.4. The van der Waals surface area contributed by atoms with Gasteiger partial charge in [0, 0.05) is 16.0 Å². The van der Waals surface area contributed by atoms with Gasteiger partial charge in [0.1, 0.15) is 21.4 Å². The van der Waals surface area contributed by atoms with E-state index in [4.69, 9.17) is 27.9 Å². The van der Waals surface area contributed by atoms with Gasteiger partial charge in [-0.3, -0.25) is 9.35 Å². The zero-order valence-electron chi connectivity index (χ0n) is 20.3. The molecule has 4 aromatic rings. The molecule has 0 saturated carbocycles. The second-order valence-corrected chi connectivity index (χ2v) is 9.97. The molecule has 190 valence electrons. The maximum atomic E-state index is 13.4. The van der Waals surface area contributed by atoms with E-state index in [0.29, 0.717) is 16.5 Å². The van der Waals surface area contributed by atoms with Crippen LogP contribution in [0.15, 0.2) is 75.8 Å². The van der Waals surface area contributed by atoms with Crippen LogP contribution in [0.2, 0.25) is 10.0 Å². The molecule has 0 bridgehead atoms. The van der Waals surface area contributed by atoms with Crippen molar-refractivity contribution in [2.24, 2.45) is 10.2 Å². The Bertz CT molecular complexity index is 1700. The largest absolute Gasteiger partial charge is 1.00 e. The molecule has 1 amide bonds. The van der Waals surface area contributed by atoms with Crippen molar-refractivity contribution in [2.45, 2.75) is 11.8 Å². The molecule has 0 radical (unpaired) electrons. The molecular weight excluding hydrogens is 564 g/mol. The average molecular weight is 582 g/mol. The van der Waals surface area contributed by atoms with Gasteiger partial charge in [0.25, 0.3) is 16.0 Å². The number of nitrogens with one attached hydrogen (secondary N) is 1. The fourth-order valence-corrected chi connectivity index (χ4v) is 4.70. The van der Waals surface area contributed by atoms with E-state index in [-0.39, 0.29) is 67.8 Å². The predicted octanol–water partition coefficient (Wildman–Crippen LogP) is 3.46. The van der Waals surface area contributed by atoms with Crippen LogP contribution in [-0.2, 0) is 10.1 Å². The number of halogens is 2. The molecule has 4 aromatic carbocycles. The number of anilines is 1. The first kappa shape index (κ1) is 29.9. The number of hydrogen-bond donors (Lipinski definition) is 2. The summed E-state index contributed by atoms with van der Waals surface area (Å²) < 4.78 is 38.5. The summed E-state index contributed by atoms with van der Waals surface area (Å²) in [6, 6.07) is 15.2. The summed E-state index contributed by atoms with van der Waals surface area (Å²) >= 11 is 12.4. The van der Waals surface area contributed by atoms with E-state index in [1.165, 1.54) is 26.2 Å². The molecule has 0 aliphatic rings. The number of amides is 1. The van der Waals surface area contributed by atoms with Gasteiger partial charge in [-0.1, -0.05) is 59.3 Å². The molecule has 2 N–H and O–H groups in total. The number of benzene rings is 4. The Labute approximate surface area is 250 Å². The number of carbonyl (C=O) groups excluding carboxylic acids is 1. The molecule has 0 heterocycles. The topological polar surface area (TPSA) is 140 Å². The van der Waals surface area contributed by atoms with Gasteiger partial charge in [0.15, 0.2) is 0 Å². The number of nitrogens with zero attached hydrogens (tertiary/aromatic N) is 2. The third-order valence-electron chi connectivity index (χ3n) is 5.51. The molecule has 9 nitrogen and oxygen atoms in total. The van der Waals surface area contributed by atoms with Crippen molar-refractivity contribution in [3.63, 3.8) is 0 Å². The number of ether oxygens (including phenoxy) is 1. The normalized spacial score (nSPS) is 11.4. The molecule has 13 heteroatoms. The summed E-state index contributed by atoms with van der Waals surface area (Å²) in [4.78, 5) is 12.6. The molecule has 38 heavy (non-hydrogen) atoms. The Morgan fingerprint density at radius 2 is 1.71 bits per heavy atom. The van der Waals surface area contributed by atoms with Gasteiger partial charge in [-0.25, -0.2) is 0 Å². The molecule has 0 fully saturated rings. The van der Waals surface area contributed by atoms with E-state index in [2.05, 4.69) is 15.5 Å². The van der Waals surface area contributed by atoms with Crippen LogP contribution in [-0.4, -0.2) is 26.0 Å². The second kappa shape index (κ2) is 12.0. The first-order valence-electron chi connectivity index (χ1n) is 10.6. The summed E-state index contributed by atoms with van der Waals surface area (Å²) in [6.45, 7) is 1.49. The zero-order chi connectivity index (χ0) is 26.9. The van der Waals surface area contributed by atoms with Gasteiger partial charge < -0.3 is 15.2 Å². The summed E-state index contributed by atoms with van der Waals surface area (Å²) in [6.07, 6.45) is 0. The summed E-state index contributed by atoms with van der Waals surface area (Å²) in [5, 5.41) is 25.2. The van der Waals surface area contributed by atoms with Crippen molar-refractivity contribution in [2.75, 3.05) is 12.4 Å². The Morgan fingerprint density at radius 3 is 2.39 bits per heavy atom. The van der Waals surface area contributed by atoms with Crippen molar-refractivity contribution < 1.29 is 57.2 Å². The monoisotopic (exact) mass is 581 g/mol. The van der Waals surface area contributed by atoms with Gasteiger partial charge in [0.2, 0.25) is 0 Å². The summed E-state index contributed by atoms with van der Waals surface area (Å²) in [5.41, 5.74) is -0.241. The van der Waals surface area contributed by atoms with Gasteiger partial charge in [-0.15, -0.1) is 5.11 Å². The van der Waals surface area contributed by atoms with Gasteiger partial charge in [-0.05, 0) is 48.2 Å². The van der Waals surface area contributed by atoms with Crippen molar-refractivity contribution in [1.29, 1.82) is 0 Å². The summed E-state index contributed by atoms with van der Waals surface area (Å²) in [5.74, 6) is -1.17. The van der Waals surface area contributed by atoms with E-state index < -0.39 is 26.7 Å². The van der Waals surface area contributed by atoms with Crippen LogP contribution in [0.5, 0.6) is 11.5 Å². The van der Waals surface area contributed by atoms with E-state index in [9.17, 15) is 22.9 Å². The quantitative estimate of drug-likeness (QED) is 0.203. The first-order valence-corrected chi connectivity index (χ1v) is 12.8. The molecule has 0 aliphatic carbocycles. The standard InChI is InChI=1S/C25H19Cl2N3O6S.Na/c1-13-17(26)10-11-20(37(33,34)35)22(13)29-30-23-15-7-4-3-6-14(15)12-16(24(23)31)25(32)28-18-8-5-9-19(36-2)21(18)27;/h3-12,31H,1-2H3,(H,28,32)(H,33,34,35);/q;+1/p-1. The van der Waals surface area contributed by atoms with Crippen LogP contribution in [0.25, 0.3) is 10.8 Å². The second-order valence-electron chi connectivity index (χ2n) is 7.79. The van der Waals surface area contributed by atoms with Crippen molar-refractivity contribution in [3.05, 3.63) is 81.8 Å². The number of fused-ring (bicyclic) bond motifs is 1. The van der Waals surface area contributed by atoms with E-state index in [1.54, 1.807) is 42.5 Å². The molecule has 4 rings (SSSR count). The molecule has 0 unspecified atom stereocenters. The Morgan fingerprint density at radius 1 is 1.03 bits per heavy atom. The van der Waals surface area contributed by atoms with Crippen LogP contribution in [0.4, 0.5) is 17.1 Å².